The molecule has 0 aliphatic carbocycles. The van der Waals surface area contributed by atoms with Gasteiger partial charge in [-0.1, -0.05) is 0 Å². The fraction of sp³-hybridized carbons (Fsp3) is 0.250. The zero-order chi connectivity index (χ0) is 12.1. The van der Waals surface area contributed by atoms with E-state index in [1.54, 1.807) is 0 Å². The molecule has 1 aromatic rings. The maximum absolute atomic E-state index is 10.4. The van der Waals surface area contributed by atoms with Crippen LogP contribution in [0.25, 0.3) is 0 Å². The van der Waals surface area contributed by atoms with Gasteiger partial charge in [-0.2, -0.15) is 0 Å². The van der Waals surface area contributed by atoms with E-state index in [-0.39, 0.29) is 11.6 Å². The molecule has 1 rings (SSSR count). The van der Waals surface area contributed by atoms with Gasteiger partial charge in [0.25, 0.3) is 5.69 Å². The summed E-state index contributed by atoms with van der Waals surface area (Å²) >= 11 is 0. The minimum absolute atomic E-state index is 0.0805. The number of rotatable bonds is 3. The number of anilines is 1. The van der Waals surface area contributed by atoms with Crippen LogP contribution in [0.3, 0.4) is 0 Å². The Balaban J connectivity index is 3.00. The Morgan fingerprint density at radius 3 is 2.75 bits per heavy atom. The molecule has 0 spiro atoms. The molecule has 0 saturated heterocycles. The quantitative estimate of drug-likeness (QED) is 0.245. The molecular weight excluding hydrogens is 212 g/mol. The van der Waals surface area contributed by atoms with Crippen LogP contribution in [0.4, 0.5) is 11.5 Å². The average Bonchev–Trinajstić information content (AvgIpc) is 2.30. The highest BCUT2D eigenvalue weighted by molar-refractivity contribution is 5.93. The molecule has 0 atom stereocenters. The van der Waals surface area contributed by atoms with Crippen molar-refractivity contribution in [1.82, 2.24) is 4.98 Å². The summed E-state index contributed by atoms with van der Waals surface area (Å²) in [5.74, 6) is 5.61. The molecule has 4 N–H and O–H groups in total. The first kappa shape index (κ1) is 11.7. The summed E-state index contributed by atoms with van der Waals surface area (Å²) in [4.78, 5) is 15.3. The van der Waals surface area contributed by atoms with Crippen molar-refractivity contribution in [3.05, 3.63) is 28.4 Å². The van der Waals surface area contributed by atoms with E-state index in [9.17, 15) is 10.1 Å². The van der Waals surface area contributed by atoms with Crippen LogP contribution in [0.2, 0.25) is 0 Å². The van der Waals surface area contributed by atoms with Crippen molar-refractivity contribution < 1.29 is 4.92 Å². The molecule has 0 fully saturated rings. The minimum atomic E-state index is -0.520. The lowest BCUT2D eigenvalue weighted by Crippen LogP contribution is -2.38. The van der Waals surface area contributed by atoms with E-state index in [4.69, 9.17) is 11.6 Å². The number of nitrogens with zero attached hydrogens (tertiary/aromatic N) is 4. The van der Waals surface area contributed by atoms with Gasteiger partial charge in [0.05, 0.1) is 4.92 Å². The van der Waals surface area contributed by atoms with Crippen LogP contribution in [-0.4, -0.2) is 22.4 Å². The summed E-state index contributed by atoms with van der Waals surface area (Å²) in [6.45, 7) is 2.35. The Kier molecular flexibility index (Phi) is 3.59. The zero-order valence-electron chi connectivity index (χ0n) is 8.70. The van der Waals surface area contributed by atoms with Gasteiger partial charge in [-0.25, -0.2) is 4.98 Å². The molecule has 0 aliphatic rings. The van der Waals surface area contributed by atoms with E-state index in [2.05, 4.69) is 10.1 Å². The minimum Gasteiger partial charge on any atom is -0.368 e. The predicted molar refractivity (Wildman–Crippen MR) is 59.7 cm³/mol. The number of aromatic nitrogens is 1. The number of pyridine rings is 1. The van der Waals surface area contributed by atoms with Crippen LogP contribution in [0, 0.1) is 10.1 Å². The number of hydrazone groups is 1. The van der Waals surface area contributed by atoms with Crippen molar-refractivity contribution in [3.63, 3.8) is 0 Å². The van der Waals surface area contributed by atoms with Crippen molar-refractivity contribution >= 4 is 17.5 Å². The second-order valence-electron chi connectivity index (χ2n) is 2.86. The topological polar surface area (TPSA) is 124 Å². The van der Waals surface area contributed by atoms with E-state index in [0.717, 1.165) is 6.20 Å². The molecule has 0 amide bonds. The standard InChI is InChI=1S/C8H12N6O2/c1-2-13(8(9)12-10)7-4-3-6(5-11-7)14(15)16/h3-5H,2,10H2,1H3,(H2,9,12). The lowest BCUT2D eigenvalue weighted by molar-refractivity contribution is -0.385. The second-order valence-corrected chi connectivity index (χ2v) is 2.86. The Bertz CT molecular complexity index is 401. The second kappa shape index (κ2) is 4.91. The summed E-state index contributed by atoms with van der Waals surface area (Å²) in [6, 6.07) is 2.83. The predicted octanol–water partition coefficient (Wildman–Crippen LogP) is 0.00450. The van der Waals surface area contributed by atoms with E-state index in [0.29, 0.717) is 12.4 Å². The highest BCUT2D eigenvalue weighted by Crippen LogP contribution is 2.15. The molecular formula is C8H12N6O2. The Labute approximate surface area is 91.7 Å². The summed E-state index contributed by atoms with van der Waals surface area (Å²) in [5, 5.41) is 13.8. The van der Waals surface area contributed by atoms with Crippen LogP contribution < -0.4 is 16.5 Å². The summed E-state index contributed by atoms with van der Waals surface area (Å²) < 4.78 is 0. The third-order valence-corrected chi connectivity index (χ3v) is 1.94. The van der Waals surface area contributed by atoms with Gasteiger partial charge in [0.15, 0.2) is 0 Å². The maximum atomic E-state index is 10.4. The highest BCUT2D eigenvalue weighted by Gasteiger charge is 2.12. The third-order valence-electron chi connectivity index (χ3n) is 1.94. The number of hydrogen-bond donors (Lipinski definition) is 2. The first-order valence-electron chi connectivity index (χ1n) is 4.51. The van der Waals surface area contributed by atoms with Gasteiger partial charge in [0.1, 0.15) is 12.0 Å². The number of guanidine groups is 1. The fourth-order valence-corrected chi connectivity index (χ4v) is 1.16. The number of hydrogen-bond acceptors (Lipinski definition) is 5. The smallest absolute Gasteiger partial charge is 0.287 e. The van der Waals surface area contributed by atoms with Crippen molar-refractivity contribution in [2.24, 2.45) is 16.7 Å². The van der Waals surface area contributed by atoms with E-state index in [1.165, 1.54) is 17.0 Å². The normalized spacial score (nSPS) is 11.2. The maximum Gasteiger partial charge on any atom is 0.287 e. The monoisotopic (exact) mass is 224 g/mol. The lowest BCUT2D eigenvalue weighted by Gasteiger charge is -2.19. The molecule has 0 radical (unpaired) electrons. The molecule has 8 heteroatoms. The van der Waals surface area contributed by atoms with Gasteiger partial charge < -0.3 is 11.6 Å². The summed E-state index contributed by atoms with van der Waals surface area (Å²) in [5.41, 5.74) is 5.45. The molecule has 0 aromatic carbocycles. The van der Waals surface area contributed by atoms with Crippen LogP contribution in [0.15, 0.2) is 23.4 Å². The Morgan fingerprint density at radius 1 is 1.69 bits per heavy atom. The summed E-state index contributed by atoms with van der Waals surface area (Å²) in [6.07, 6.45) is 1.15. The SMILES string of the molecule is CCN(C(N)=NN)c1ccc([N+](=O)[O-])cn1. The summed E-state index contributed by atoms with van der Waals surface area (Å²) in [7, 11) is 0. The molecule has 1 heterocycles. The van der Waals surface area contributed by atoms with Gasteiger partial charge in [0, 0.05) is 12.6 Å². The van der Waals surface area contributed by atoms with E-state index < -0.39 is 4.92 Å². The van der Waals surface area contributed by atoms with Gasteiger partial charge in [-0.05, 0) is 13.0 Å². The first-order valence-corrected chi connectivity index (χ1v) is 4.51. The van der Waals surface area contributed by atoms with Crippen molar-refractivity contribution in [3.8, 4) is 0 Å². The van der Waals surface area contributed by atoms with Crippen molar-refractivity contribution in [2.75, 3.05) is 11.4 Å². The molecule has 0 bridgehead atoms. The van der Waals surface area contributed by atoms with Crippen molar-refractivity contribution in [1.29, 1.82) is 0 Å². The number of nitro groups is 1. The van der Waals surface area contributed by atoms with Crippen LogP contribution in [0.5, 0.6) is 0 Å². The van der Waals surface area contributed by atoms with Gasteiger partial charge in [-0.3, -0.25) is 15.0 Å². The van der Waals surface area contributed by atoms with Gasteiger partial charge in [0.2, 0.25) is 5.96 Å². The van der Waals surface area contributed by atoms with Crippen LogP contribution in [0.1, 0.15) is 6.92 Å². The van der Waals surface area contributed by atoms with Gasteiger partial charge in [-0.15, -0.1) is 5.10 Å². The molecule has 0 unspecified atom stereocenters. The zero-order valence-corrected chi connectivity index (χ0v) is 8.70. The van der Waals surface area contributed by atoms with E-state index >= 15 is 0 Å². The molecule has 16 heavy (non-hydrogen) atoms. The van der Waals surface area contributed by atoms with E-state index in [1.807, 2.05) is 6.92 Å². The fourth-order valence-electron chi connectivity index (χ4n) is 1.16. The lowest BCUT2D eigenvalue weighted by atomic mass is 10.4. The Morgan fingerprint density at radius 2 is 2.38 bits per heavy atom. The highest BCUT2D eigenvalue weighted by atomic mass is 16.6. The molecule has 1 aromatic heterocycles. The molecule has 0 aliphatic heterocycles. The largest absolute Gasteiger partial charge is 0.368 e. The third kappa shape index (κ3) is 2.35. The van der Waals surface area contributed by atoms with Crippen LogP contribution in [-0.2, 0) is 0 Å². The Hall–Kier alpha value is -2.38. The average molecular weight is 224 g/mol. The number of nitrogens with two attached hydrogens (primary N) is 2. The molecule has 8 nitrogen and oxygen atoms in total. The van der Waals surface area contributed by atoms with Crippen molar-refractivity contribution in [2.45, 2.75) is 6.92 Å². The van der Waals surface area contributed by atoms with Crippen LogP contribution >= 0.6 is 0 Å². The molecule has 0 saturated carbocycles. The first-order chi connectivity index (χ1) is 7.60. The van der Waals surface area contributed by atoms with Gasteiger partial charge >= 0.3 is 0 Å². The molecule has 86 valence electrons.